The van der Waals surface area contributed by atoms with Crippen molar-refractivity contribution in [3.05, 3.63) is 53.6 Å². The van der Waals surface area contributed by atoms with Crippen molar-refractivity contribution in [2.75, 3.05) is 21.3 Å². The van der Waals surface area contributed by atoms with Crippen molar-refractivity contribution in [2.24, 2.45) is 0 Å². The topological polar surface area (TPSA) is 55.8 Å². The third-order valence-electron chi connectivity index (χ3n) is 4.29. The van der Waals surface area contributed by atoms with Crippen LogP contribution in [0.4, 0.5) is 0 Å². The second kappa shape index (κ2) is 7.68. The van der Waals surface area contributed by atoms with Gasteiger partial charge in [0.1, 0.15) is 0 Å². The third kappa shape index (κ3) is 4.37. The lowest BCUT2D eigenvalue weighted by Gasteiger charge is -2.21. The van der Waals surface area contributed by atoms with Gasteiger partial charge in [-0.15, -0.1) is 0 Å². The van der Waals surface area contributed by atoms with Crippen LogP contribution < -0.4 is 9.47 Å². The largest absolute Gasteiger partial charge is 0.493 e. The van der Waals surface area contributed by atoms with Crippen LogP contribution in [0.25, 0.3) is 0 Å². The molecular weight excluding hydrogens is 350 g/mol. The summed E-state index contributed by atoms with van der Waals surface area (Å²) in [6.07, 6.45) is 0. The van der Waals surface area contributed by atoms with Crippen LogP contribution in [-0.4, -0.2) is 34.0 Å². The minimum Gasteiger partial charge on any atom is -0.493 e. The number of rotatable bonds is 6. The van der Waals surface area contributed by atoms with Crippen LogP contribution in [0.5, 0.6) is 11.5 Å². The van der Waals surface area contributed by atoms with E-state index in [2.05, 4.69) is 20.8 Å². The van der Waals surface area contributed by atoms with Gasteiger partial charge in [-0.25, -0.2) is 8.42 Å². The molecule has 0 aromatic heterocycles. The SMILES string of the molecule is COc1ccc(S(=O)(=O)N(C)Cc2ccc(C(C)(C)C)cc2)cc1OC. The summed E-state index contributed by atoms with van der Waals surface area (Å²) < 4.78 is 37.4. The maximum Gasteiger partial charge on any atom is 0.243 e. The van der Waals surface area contributed by atoms with Crippen LogP contribution in [0.3, 0.4) is 0 Å². The van der Waals surface area contributed by atoms with Gasteiger partial charge in [0.2, 0.25) is 10.0 Å². The normalized spacial score (nSPS) is 12.3. The fourth-order valence-corrected chi connectivity index (χ4v) is 3.78. The maximum atomic E-state index is 12.9. The first-order chi connectivity index (χ1) is 12.1. The average Bonchev–Trinajstić information content (AvgIpc) is 2.60. The summed E-state index contributed by atoms with van der Waals surface area (Å²) in [5, 5.41) is 0. The summed E-state index contributed by atoms with van der Waals surface area (Å²) in [6, 6.07) is 12.6. The van der Waals surface area contributed by atoms with Crippen molar-refractivity contribution < 1.29 is 17.9 Å². The molecule has 2 aromatic rings. The van der Waals surface area contributed by atoms with Crippen LogP contribution in [0, 0.1) is 0 Å². The maximum absolute atomic E-state index is 12.9. The van der Waals surface area contributed by atoms with E-state index in [4.69, 9.17) is 9.47 Å². The number of benzene rings is 2. The second-order valence-electron chi connectivity index (χ2n) is 7.22. The fraction of sp³-hybridized carbons (Fsp3) is 0.400. The molecule has 2 aromatic carbocycles. The Morgan fingerprint density at radius 1 is 0.923 bits per heavy atom. The first-order valence-corrected chi connectivity index (χ1v) is 9.81. The fourth-order valence-electron chi connectivity index (χ4n) is 2.61. The predicted molar refractivity (Wildman–Crippen MR) is 103 cm³/mol. The molecule has 0 aliphatic heterocycles. The molecule has 0 bridgehead atoms. The molecule has 0 atom stereocenters. The molecule has 26 heavy (non-hydrogen) atoms. The van der Waals surface area contributed by atoms with Crippen molar-refractivity contribution in [1.29, 1.82) is 0 Å². The van der Waals surface area contributed by atoms with Gasteiger partial charge in [-0.3, -0.25) is 0 Å². The van der Waals surface area contributed by atoms with Crippen molar-refractivity contribution in [3.63, 3.8) is 0 Å². The van der Waals surface area contributed by atoms with E-state index in [-0.39, 0.29) is 10.3 Å². The lowest BCUT2D eigenvalue weighted by Crippen LogP contribution is -2.26. The summed E-state index contributed by atoms with van der Waals surface area (Å²) in [4.78, 5) is 0.170. The molecule has 0 N–H and O–H groups in total. The van der Waals surface area contributed by atoms with Gasteiger partial charge in [-0.05, 0) is 28.7 Å². The minimum atomic E-state index is -3.64. The molecule has 142 valence electrons. The first-order valence-electron chi connectivity index (χ1n) is 8.37. The monoisotopic (exact) mass is 377 g/mol. The lowest BCUT2D eigenvalue weighted by atomic mass is 9.87. The van der Waals surface area contributed by atoms with E-state index < -0.39 is 10.0 Å². The molecule has 0 saturated heterocycles. The first kappa shape index (κ1) is 20.3. The van der Waals surface area contributed by atoms with Crippen molar-refractivity contribution >= 4 is 10.0 Å². The Morgan fingerprint density at radius 2 is 1.50 bits per heavy atom. The van der Waals surface area contributed by atoms with Crippen LogP contribution >= 0.6 is 0 Å². The van der Waals surface area contributed by atoms with Gasteiger partial charge < -0.3 is 9.47 Å². The zero-order valence-corrected chi connectivity index (χ0v) is 17.1. The number of ether oxygens (including phenoxy) is 2. The summed E-state index contributed by atoms with van der Waals surface area (Å²) in [7, 11) is 0.932. The summed E-state index contributed by atoms with van der Waals surface area (Å²) in [6.45, 7) is 6.74. The molecular formula is C20H27NO4S. The van der Waals surface area contributed by atoms with E-state index in [1.54, 1.807) is 13.1 Å². The summed E-state index contributed by atoms with van der Waals surface area (Å²) >= 11 is 0. The number of methoxy groups -OCH3 is 2. The molecule has 0 heterocycles. The molecule has 0 aliphatic rings. The van der Waals surface area contributed by atoms with Gasteiger partial charge in [0, 0.05) is 19.7 Å². The van der Waals surface area contributed by atoms with Gasteiger partial charge in [0.25, 0.3) is 0 Å². The zero-order valence-electron chi connectivity index (χ0n) is 16.2. The average molecular weight is 378 g/mol. The Balaban J connectivity index is 2.24. The van der Waals surface area contributed by atoms with E-state index in [9.17, 15) is 8.42 Å². The van der Waals surface area contributed by atoms with Gasteiger partial charge >= 0.3 is 0 Å². The minimum absolute atomic E-state index is 0.0656. The number of hydrogen-bond acceptors (Lipinski definition) is 4. The highest BCUT2D eigenvalue weighted by Gasteiger charge is 2.23. The van der Waals surface area contributed by atoms with E-state index in [0.29, 0.717) is 18.0 Å². The van der Waals surface area contributed by atoms with E-state index in [0.717, 1.165) is 5.56 Å². The Bertz CT molecular complexity index is 852. The Hall–Kier alpha value is -2.05. The molecule has 0 saturated carbocycles. The molecule has 2 rings (SSSR count). The van der Waals surface area contributed by atoms with E-state index >= 15 is 0 Å². The Morgan fingerprint density at radius 3 is 2.00 bits per heavy atom. The van der Waals surface area contributed by atoms with Gasteiger partial charge in [-0.2, -0.15) is 4.31 Å². The van der Waals surface area contributed by atoms with Crippen molar-refractivity contribution in [2.45, 2.75) is 37.6 Å². The van der Waals surface area contributed by atoms with Gasteiger partial charge in [-0.1, -0.05) is 45.0 Å². The van der Waals surface area contributed by atoms with Crippen molar-refractivity contribution in [1.82, 2.24) is 4.31 Å². The molecule has 0 spiro atoms. The van der Waals surface area contributed by atoms with Crippen molar-refractivity contribution in [3.8, 4) is 11.5 Å². The number of sulfonamides is 1. The standard InChI is InChI=1S/C20H27NO4S/c1-20(2,3)16-9-7-15(8-10-16)14-21(4)26(22,23)17-11-12-18(24-5)19(13-17)25-6/h7-13H,14H2,1-6H3. The highest BCUT2D eigenvalue weighted by atomic mass is 32.2. The summed E-state index contributed by atoms with van der Waals surface area (Å²) in [5.41, 5.74) is 2.21. The van der Waals surface area contributed by atoms with Crippen LogP contribution in [0.15, 0.2) is 47.4 Å². The second-order valence-corrected chi connectivity index (χ2v) is 9.27. The highest BCUT2D eigenvalue weighted by Crippen LogP contribution is 2.31. The molecule has 0 unspecified atom stereocenters. The lowest BCUT2D eigenvalue weighted by molar-refractivity contribution is 0.353. The molecule has 0 radical (unpaired) electrons. The quantitative estimate of drug-likeness (QED) is 0.768. The molecule has 0 fully saturated rings. The van der Waals surface area contributed by atoms with Gasteiger partial charge in [0.15, 0.2) is 11.5 Å². The predicted octanol–water partition coefficient (Wildman–Crippen LogP) is 3.82. The zero-order chi connectivity index (χ0) is 19.5. The molecule has 0 amide bonds. The molecule has 0 aliphatic carbocycles. The Kier molecular flexibility index (Phi) is 5.98. The number of nitrogens with zero attached hydrogens (tertiary/aromatic N) is 1. The highest BCUT2D eigenvalue weighted by molar-refractivity contribution is 7.89. The smallest absolute Gasteiger partial charge is 0.243 e. The van der Waals surface area contributed by atoms with Crippen LogP contribution in [0.2, 0.25) is 0 Å². The van der Waals surface area contributed by atoms with Crippen LogP contribution in [0.1, 0.15) is 31.9 Å². The van der Waals surface area contributed by atoms with E-state index in [1.165, 1.54) is 36.2 Å². The number of hydrogen-bond donors (Lipinski definition) is 0. The molecule has 6 heteroatoms. The van der Waals surface area contributed by atoms with Gasteiger partial charge in [0.05, 0.1) is 19.1 Å². The van der Waals surface area contributed by atoms with Crippen LogP contribution in [-0.2, 0) is 22.0 Å². The molecule has 5 nitrogen and oxygen atoms in total. The summed E-state index contributed by atoms with van der Waals surface area (Å²) in [5.74, 6) is 0.878. The third-order valence-corrected chi connectivity index (χ3v) is 6.09. The van der Waals surface area contributed by atoms with E-state index in [1.807, 2.05) is 24.3 Å². The Labute approximate surface area is 156 Å².